The van der Waals surface area contributed by atoms with E-state index in [9.17, 15) is 13.2 Å². The zero-order valence-electron chi connectivity index (χ0n) is 10.7. The molecule has 19 heavy (non-hydrogen) atoms. The quantitative estimate of drug-likeness (QED) is 0.803. The number of H-pyrrole nitrogens is 1. The second kappa shape index (κ2) is 5.38. The number of hydrogen-bond acceptors (Lipinski definition) is 5. The number of carboxylic acid groups (broad SMARTS) is 1. The van der Waals surface area contributed by atoms with Crippen molar-refractivity contribution in [1.29, 1.82) is 5.26 Å². The molecule has 2 N–H and O–H groups in total. The highest BCUT2D eigenvalue weighted by Gasteiger charge is 2.33. The van der Waals surface area contributed by atoms with Gasteiger partial charge in [0, 0.05) is 18.8 Å². The first kappa shape index (κ1) is 15.1. The number of carboxylic acids is 1. The Morgan fingerprint density at radius 3 is 2.68 bits per heavy atom. The van der Waals surface area contributed by atoms with Crippen molar-refractivity contribution >= 4 is 16.0 Å². The minimum atomic E-state index is -4.06. The van der Waals surface area contributed by atoms with Crippen LogP contribution in [0.25, 0.3) is 0 Å². The van der Waals surface area contributed by atoms with E-state index < -0.39 is 27.1 Å². The van der Waals surface area contributed by atoms with Gasteiger partial charge < -0.3 is 5.11 Å². The summed E-state index contributed by atoms with van der Waals surface area (Å²) in [7, 11) is -2.77. The molecule has 1 unspecified atom stereocenters. The summed E-state index contributed by atoms with van der Waals surface area (Å²) in [5.41, 5.74) is -0.219. The normalized spacial score (nSPS) is 13.2. The Kier molecular flexibility index (Phi) is 4.28. The lowest BCUT2D eigenvalue weighted by Crippen LogP contribution is -2.35. The van der Waals surface area contributed by atoms with Crippen molar-refractivity contribution in [3.8, 4) is 6.07 Å². The van der Waals surface area contributed by atoms with Crippen LogP contribution in [0.1, 0.15) is 29.4 Å². The SMILES string of the molecule is Cc1[nH]nc(S(=O)(=O)N(C)C(C)CC#N)c1C(=O)O. The van der Waals surface area contributed by atoms with Gasteiger partial charge in [0.15, 0.2) is 0 Å². The second-order valence-corrected chi connectivity index (χ2v) is 5.98. The average Bonchev–Trinajstić information content (AvgIpc) is 2.71. The highest BCUT2D eigenvalue weighted by Crippen LogP contribution is 2.21. The standard InChI is InChI=1S/C10H14N4O4S/c1-6(4-5-11)14(3)19(17,18)9-8(10(15)16)7(2)12-13-9/h6H,4H2,1-3H3,(H,12,13)(H,15,16). The number of sulfonamides is 1. The molecular formula is C10H14N4O4S. The predicted molar refractivity (Wildman–Crippen MR) is 64.9 cm³/mol. The van der Waals surface area contributed by atoms with Gasteiger partial charge in [0.2, 0.25) is 5.03 Å². The van der Waals surface area contributed by atoms with Crippen molar-refractivity contribution in [2.45, 2.75) is 31.3 Å². The lowest BCUT2D eigenvalue weighted by atomic mass is 10.3. The first-order valence-corrected chi connectivity index (χ1v) is 6.80. The van der Waals surface area contributed by atoms with E-state index in [4.69, 9.17) is 10.4 Å². The molecule has 0 saturated heterocycles. The minimum absolute atomic E-state index is 0.00153. The largest absolute Gasteiger partial charge is 0.478 e. The van der Waals surface area contributed by atoms with E-state index in [1.807, 2.05) is 6.07 Å². The molecule has 0 spiro atoms. The Bertz CT molecular complexity index is 628. The number of aromatic carboxylic acids is 1. The molecule has 1 rings (SSSR count). The van der Waals surface area contributed by atoms with Gasteiger partial charge in [-0.05, 0) is 13.8 Å². The summed E-state index contributed by atoms with van der Waals surface area (Å²) < 4.78 is 25.5. The van der Waals surface area contributed by atoms with Crippen LogP contribution in [0.2, 0.25) is 0 Å². The van der Waals surface area contributed by atoms with Gasteiger partial charge >= 0.3 is 5.97 Å². The van der Waals surface area contributed by atoms with Crippen molar-refractivity contribution < 1.29 is 18.3 Å². The second-order valence-electron chi connectivity index (χ2n) is 4.07. The highest BCUT2D eigenvalue weighted by molar-refractivity contribution is 7.89. The van der Waals surface area contributed by atoms with Crippen LogP contribution < -0.4 is 0 Å². The molecule has 1 aromatic rings. The fourth-order valence-corrected chi connectivity index (χ4v) is 2.96. The van der Waals surface area contributed by atoms with Crippen LogP contribution in [-0.4, -0.2) is 47.1 Å². The summed E-state index contributed by atoms with van der Waals surface area (Å²) in [4.78, 5) is 11.1. The number of rotatable bonds is 5. The number of nitrogens with one attached hydrogen (secondary N) is 1. The Labute approximate surface area is 110 Å². The van der Waals surface area contributed by atoms with Crippen molar-refractivity contribution in [2.75, 3.05) is 7.05 Å². The van der Waals surface area contributed by atoms with Gasteiger partial charge in [-0.3, -0.25) is 5.10 Å². The van der Waals surface area contributed by atoms with Gasteiger partial charge in [-0.25, -0.2) is 13.2 Å². The molecule has 1 atom stereocenters. The number of nitriles is 1. The van der Waals surface area contributed by atoms with Crippen LogP contribution in [0.5, 0.6) is 0 Å². The van der Waals surface area contributed by atoms with Gasteiger partial charge in [0.1, 0.15) is 5.56 Å². The molecule has 0 amide bonds. The first-order valence-electron chi connectivity index (χ1n) is 5.36. The van der Waals surface area contributed by atoms with E-state index in [2.05, 4.69) is 10.2 Å². The zero-order valence-corrected chi connectivity index (χ0v) is 11.5. The van der Waals surface area contributed by atoms with Crippen molar-refractivity contribution in [3.05, 3.63) is 11.3 Å². The lowest BCUT2D eigenvalue weighted by molar-refractivity contribution is 0.0691. The van der Waals surface area contributed by atoms with Crippen LogP contribution in [0.15, 0.2) is 5.03 Å². The van der Waals surface area contributed by atoms with E-state index >= 15 is 0 Å². The fourth-order valence-electron chi connectivity index (χ4n) is 1.48. The summed E-state index contributed by atoms with van der Waals surface area (Å²) in [5, 5.41) is 23.0. The summed E-state index contributed by atoms with van der Waals surface area (Å²) in [5.74, 6) is -1.37. The third kappa shape index (κ3) is 2.74. The Morgan fingerprint density at radius 2 is 2.21 bits per heavy atom. The maximum Gasteiger partial charge on any atom is 0.340 e. The topological polar surface area (TPSA) is 127 Å². The molecule has 0 aliphatic heterocycles. The molecule has 1 heterocycles. The van der Waals surface area contributed by atoms with E-state index in [1.54, 1.807) is 6.92 Å². The van der Waals surface area contributed by atoms with E-state index in [1.165, 1.54) is 14.0 Å². The van der Waals surface area contributed by atoms with Gasteiger partial charge in [-0.1, -0.05) is 0 Å². The van der Waals surface area contributed by atoms with Gasteiger partial charge in [-0.15, -0.1) is 0 Å². The number of aromatic amines is 1. The minimum Gasteiger partial charge on any atom is -0.478 e. The predicted octanol–water partition coefficient (Wildman–Crippen LogP) is 0.339. The summed E-state index contributed by atoms with van der Waals surface area (Å²) in [6.45, 7) is 2.98. The smallest absolute Gasteiger partial charge is 0.340 e. The maximum absolute atomic E-state index is 12.3. The molecule has 0 aliphatic carbocycles. The summed E-state index contributed by atoms with van der Waals surface area (Å²) >= 11 is 0. The molecule has 9 heteroatoms. The molecule has 0 bridgehead atoms. The van der Waals surface area contributed by atoms with Gasteiger partial charge in [0.05, 0.1) is 12.5 Å². The molecule has 0 fully saturated rings. The molecule has 0 radical (unpaired) electrons. The van der Waals surface area contributed by atoms with Crippen molar-refractivity contribution in [2.24, 2.45) is 0 Å². The van der Waals surface area contributed by atoms with E-state index in [0.29, 0.717) is 0 Å². The molecule has 104 valence electrons. The molecule has 0 aliphatic rings. The third-order valence-corrected chi connectivity index (χ3v) is 4.66. The Balaban J connectivity index is 3.29. The molecular weight excluding hydrogens is 272 g/mol. The number of aromatic nitrogens is 2. The highest BCUT2D eigenvalue weighted by atomic mass is 32.2. The lowest BCUT2D eigenvalue weighted by Gasteiger charge is -2.21. The summed E-state index contributed by atoms with van der Waals surface area (Å²) in [6.07, 6.45) is 0.00153. The monoisotopic (exact) mass is 286 g/mol. The molecule has 1 aromatic heterocycles. The number of hydrogen-bond donors (Lipinski definition) is 2. The number of aryl methyl sites for hydroxylation is 1. The van der Waals surface area contributed by atoms with Crippen molar-refractivity contribution in [1.82, 2.24) is 14.5 Å². The maximum atomic E-state index is 12.3. The van der Waals surface area contributed by atoms with Crippen LogP contribution in [0.3, 0.4) is 0 Å². The Morgan fingerprint density at radius 1 is 1.63 bits per heavy atom. The zero-order chi connectivity index (χ0) is 14.8. The Hall–Kier alpha value is -1.92. The van der Waals surface area contributed by atoms with Crippen molar-refractivity contribution in [3.63, 3.8) is 0 Å². The molecule has 0 aromatic carbocycles. The van der Waals surface area contributed by atoms with Crippen LogP contribution >= 0.6 is 0 Å². The first-order chi connectivity index (χ1) is 8.73. The van der Waals surface area contributed by atoms with Gasteiger partial charge in [-0.2, -0.15) is 14.7 Å². The molecule has 8 nitrogen and oxygen atoms in total. The van der Waals surface area contributed by atoms with Gasteiger partial charge in [0.25, 0.3) is 10.0 Å². The van der Waals surface area contributed by atoms with Crippen LogP contribution in [0, 0.1) is 18.3 Å². The van der Waals surface area contributed by atoms with E-state index in [0.717, 1.165) is 4.31 Å². The van der Waals surface area contributed by atoms with Crippen LogP contribution in [-0.2, 0) is 10.0 Å². The average molecular weight is 286 g/mol. The third-order valence-electron chi connectivity index (χ3n) is 2.76. The summed E-state index contributed by atoms with van der Waals surface area (Å²) in [6, 6.07) is 1.29. The number of carbonyl (C=O) groups is 1. The van der Waals surface area contributed by atoms with Crippen LogP contribution in [0.4, 0.5) is 0 Å². The van der Waals surface area contributed by atoms with E-state index in [-0.39, 0.29) is 17.7 Å². The number of nitrogens with zero attached hydrogens (tertiary/aromatic N) is 3. The molecule has 0 saturated carbocycles. The fraction of sp³-hybridized carbons (Fsp3) is 0.500.